The van der Waals surface area contributed by atoms with Crippen LogP contribution in [0, 0.1) is 0 Å². The molecule has 0 aromatic carbocycles. The molecule has 3 N–H and O–H groups in total. The number of rotatable bonds is 6. The number of amides is 2. The van der Waals surface area contributed by atoms with Gasteiger partial charge in [0.05, 0.1) is 5.75 Å². The molecular weight excluding hydrogens is 254 g/mol. The lowest BCUT2D eigenvalue weighted by atomic mass is 9.96. The molecule has 1 rings (SSSR count). The lowest BCUT2D eigenvalue weighted by molar-refractivity contribution is 0.231. The van der Waals surface area contributed by atoms with Gasteiger partial charge in [-0.1, -0.05) is 32.6 Å². The lowest BCUT2D eigenvalue weighted by Gasteiger charge is -2.22. The zero-order valence-corrected chi connectivity index (χ0v) is 11.7. The van der Waals surface area contributed by atoms with Gasteiger partial charge in [-0.05, 0) is 19.3 Å². The summed E-state index contributed by atoms with van der Waals surface area (Å²) in [6.07, 6.45) is 6.77. The Bertz CT molecular complexity index is 351. The maximum Gasteiger partial charge on any atom is 0.330 e. The Balaban J connectivity index is 2.23. The molecule has 0 saturated heterocycles. The summed E-state index contributed by atoms with van der Waals surface area (Å²) in [7, 11) is -3.40. The first-order chi connectivity index (χ1) is 8.53. The van der Waals surface area contributed by atoms with Crippen molar-refractivity contribution in [3.63, 3.8) is 0 Å². The molecule has 1 aliphatic rings. The van der Waals surface area contributed by atoms with Gasteiger partial charge in [-0.25, -0.2) is 13.2 Å². The quantitative estimate of drug-likeness (QED) is 0.639. The number of carbonyl (C=O) groups is 1. The molecule has 18 heavy (non-hydrogen) atoms. The highest BCUT2D eigenvalue weighted by Crippen LogP contribution is 2.16. The van der Waals surface area contributed by atoms with Gasteiger partial charge < -0.3 is 5.32 Å². The summed E-state index contributed by atoms with van der Waals surface area (Å²) in [5, 5.41) is 2.77. The van der Waals surface area contributed by atoms with Crippen LogP contribution in [0.2, 0.25) is 0 Å². The predicted molar refractivity (Wildman–Crippen MR) is 70.4 cm³/mol. The van der Waals surface area contributed by atoms with Gasteiger partial charge in [0.1, 0.15) is 0 Å². The molecule has 0 spiro atoms. The molecule has 1 aliphatic carbocycles. The number of hydrogen-bond donors (Lipinski definition) is 3. The van der Waals surface area contributed by atoms with E-state index in [1.54, 1.807) is 0 Å². The van der Waals surface area contributed by atoms with E-state index in [-0.39, 0.29) is 11.8 Å². The number of hydrogen-bond acceptors (Lipinski definition) is 3. The largest absolute Gasteiger partial charge is 0.334 e. The average molecular weight is 277 g/mol. The standard InChI is InChI=1S/C11H23N3O3S/c1-2-3-9-18(16,17)14-13-11(15)12-10-7-5-4-6-8-10/h10,14H,2-9H2,1H3,(H2,12,13,15). The fourth-order valence-corrected chi connectivity index (χ4v) is 3.00. The van der Waals surface area contributed by atoms with Crippen LogP contribution in [0.4, 0.5) is 4.79 Å². The molecule has 1 saturated carbocycles. The Morgan fingerprint density at radius 3 is 2.50 bits per heavy atom. The smallest absolute Gasteiger partial charge is 0.330 e. The maximum atomic E-state index is 11.5. The number of urea groups is 1. The van der Waals surface area contributed by atoms with E-state index >= 15 is 0 Å². The molecule has 0 bridgehead atoms. The molecule has 0 radical (unpaired) electrons. The molecule has 0 aromatic heterocycles. The van der Waals surface area contributed by atoms with Gasteiger partial charge in [0.15, 0.2) is 0 Å². The molecule has 106 valence electrons. The van der Waals surface area contributed by atoms with Crippen LogP contribution in [0.1, 0.15) is 51.9 Å². The van der Waals surface area contributed by atoms with E-state index in [1.807, 2.05) is 6.92 Å². The molecule has 0 atom stereocenters. The van der Waals surface area contributed by atoms with Crippen LogP contribution in [0.25, 0.3) is 0 Å². The second-order valence-corrected chi connectivity index (χ2v) is 6.55. The topological polar surface area (TPSA) is 87.3 Å². The summed E-state index contributed by atoms with van der Waals surface area (Å²) in [5.41, 5.74) is 2.19. The van der Waals surface area contributed by atoms with Crippen molar-refractivity contribution >= 4 is 16.1 Å². The van der Waals surface area contributed by atoms with Crippen molar-refractivity contribution in [2.45, 2.75) is 57.9 Å². The van der Waals surface area contributed by atoms with Gasteiger partial charge in [0, 0.05) is 6.04 Å². The summed E-state index contributed by atoms with van der Waals surface area (Å²) >= 11 is 0. The minimum atomic E-state index is -3.40. The van der Waals surface area contributed by atoms with Crippen LogP contribution in [0.5, 0.6) is 0 Å². The first kappa shape index (κ1) is 15.2. The van der Waals surface area contributed by atoms with Gasteiger partial charge >= 0.3 is 6.03 Å². The highest BCUT2D eigenvalue weighted by atomic mass is 32.2. The Morgan fingerprint density at radius 2 is 1.89 bits per heavy atom. The Morgan fingerprint density at radius 1 is 1.22 bits per heavy atom. The van der Waals surface area contributed by atoms with Crippen LogP contribution in [-0.4, -0.2) is 26.2 Å². The van der Waals surface area contributed by atoms with Crippen LogP contribution < -0.4 is 15.6 Å². The molecule has 0 aromatic rings. The normalized spacial score (nSPS) is 17.4. The minimum absolute atomic E-state index is 0.0349. The second-order valence-electron chi connectivity index (χ2n) is 4.71. The van der Waals surface area contributed by atoms with E-state index in [1.165, 1.54) is 6.42 Å². The zero-order chi connectivity index (χ0) is 13.4. The molecular formula is C11H23N3O3S. The van der Waals surface area contributed by atoms with E-state index in [4.69, 9.17) is 0 Å². The summed E-state index contributed by atoms with van der Waals surface area (Å²) in [6, 6.07) is -0.305. The summed E-state index contributed by atoms with van der Waals surface area (Å²) in [5.74, 6) is 0.0349. The lowest BCUT2D eigenvalue weighted by Crippen LogP contribution is -2.50. The van der Waals surface area contributed by atoms with E-state index < -0.39 is 16.1 Å². The molecule has 0 heterocycles. The SMILES string of the molecule is CCCCS(=O)(=O)NNC(=O)NC1CCCCC1. The van der Waals surface area contributed by atoms with Crippen LogP contribution >= 0.6 is 0 Å². The molecule has 1 fully saturated rings. The van der Waals surface area contributed by atoms with Crippen molar-refractivity contribution in [3.05, 3.63) is 0 Å². The third-order valence-electron chi connectivity index (χ3n) is 3.03. The molecule has 2 amide bonds. The highest BCUT2D eigenvalue weighted by molar-refractivity contribution is 7.89. The maximum absolute atomic E-state index is 11.5. The fourth-order valence-electron chi connectivity index (χ4n) is 1.98. The van der Waals surface area contributed by atoms with Gasteiger partial charge in [0.2, 0.25) is 10.0 Å². The van der Waals surface area contributed by atoms with Crippen LogP contribution in [0.3, 0.4) is 0 Å². The molecule has 7 heteroatoms. The molecule has 6 nitrogen and oxygen atoms in total. The van der Waals surface area contributed by atoms with E-state index in [9.17, 15) is 13.2 Å². The van der Waals surface area contributed by atoms with E-state index in [0.717, 1.165) is 32.1 Å². The van der Waals surface area contributed by atoms with E-state index in [0.29, 0.717) is 6.42 Å². The summed E-state index contributed by atoms with van der Waals surface area (Å²) in [4.78, 5) is 13.6. The second kappa shape index (κ2) is 7.58. The number of nitrogens with one attached hydrogen (secondary N) is 3. The first-order valence-corrected chi connectivity index (χ1v) is 8.24. The Labute approximate surface area is 109 Å². The van der Waals surface area contributed by atoms with Gasteiger partial charge in [-0.15, -0.1) is 4.83 Å². The Kier molecular flexibility index (Phi) is 6.42. The van der Waals surface area contributed by atoms with Gasteiger partial charge in [-0.3, -0.25) is 5.43 Å². The monoisotopic (exact) mass is 277 g/mol. The van der Waals surface area contributed by atoms with Crippen molar-refractivity contribution in [2.75, 3.05) is 5.75 Å². The number of carbonyl (C=O) groups excluding carboxylic acids is 1. The third-order valence-corrected chi connectivity index (χ3v) is 4.27. The summed E-state index contributed by atoms with van der Waals surface area (Å²) < 4.78 is 22.9. The third kappa shape index (κ3) is 6.20. The van der Waals surface area contributed by atoms with Crippen molar-refractivity contribution in [1.82, 2.24) is 15.6 Å². The first-order valence-electron chi connectivity index (χ1n) is 6.59. The minimum Gasteiger partial charge on any atom is -0.334 e. The molecule has 0 aliphatic heterocycles. The van der Waals surface area contributed by atoms with Crippen molar-refractivity contribution < 1.29 is 13.2 Å². The average Bonchev–Trinajstić information content (AvgIpc) is 2.36. The van der Waals surface area contributed by atoms with E-state index in [2.05, 4.69) is 15.6 Å². The van der Waals surface area contributed by atoms with Crippen molar-refractivity contribution in [2.24, 2.45) is 0 Å². The highest BCUT2D eigenvalue weighted by Gasteiger charge is 2.16. The Hall–Kier alpha value is -0.820. The zero-order valence-electron chi connectivity index (χ0n) is 10.9. The van der Waals surface area contributed by atoms with Gasteiger partial charge in [-0.2, -0.15) is 0 Å². The van der Waals surface area contributed by atoms with Crippen LogP contribution in [-0.2, 0) is 10.0 Å². The fraction of sp³-hybridized carbons (Fsp3) is 0.909. The van der Waals surface area contributed by atoms with Crippen molar-refractivity contribution in [3.8, 4) is 0 Å². The van der Waals surface area contributed by atoms with Gasteiger partial charge in [0.25, 0.3) is 0 Å². The molecule has 0 unspecified atom stereocenters. The number of unbranched alkanes of at least 4 members (excludes halogenated alkanes) is 1. The van der Waals surface area contributed by atoms with Crippen LogP contribution in [0.15, 0.2) is 0 Å². The predicted octanol–water partition coefficient (Wildman–Crippen LogP) is 1.25. The van der Waals surface area contributed by atoms with Crippen molar-refractivity contribution in [1.29, 1.82) is 0 Å². The number of hydrazine groups is 1. The summed E-state index contributed by atoms with van der Waals surface area (Å²) in [6.45, 7) is 1.92. The number of sulfonamides is 1.